The van der Waals surface area contributed by atoms with E-state index in [1.54, 1.807) is 6.92 Å². The molecule has 29 heavy (non-hydrogen) atoms. The lowest BCUT2D eigenvalue weighted by Gasteiger charge is -2.15. The van der Waals surface area contributed by atoms with Gasteiger partial charge in [0.25, 0.3) is 5.91 Å². The van der Waals surface area contributed by atoms with Crippen LogP contribution in [0.15, 0.2) is 18.3 Å². The topological polar surface area (TPSA) is 120 Å². The number of nitrogens with zero attached hydrogens (tertiary/aromatic N) is 3. The number of carbonyl (C=O) groups excluding carboxylic acids is 1. The van der Waals surface area contributed by atoms with Crippen molar-refractivity contribution < 1.29 is 35.3 Å². The number of halogens is 3. The summed E-state index contributed by atoms with van der Waals surface area (Å²) in [7, 11) is -5.94. The van der Waals surface area contributed by atoms with Crippen molar-refractivity contribution in [2.24, 2.45) is 0 Å². The fourth-order valence-electron chi connectivity index (χ4n) is 2.64. The lowest BCUT2D eigenvalue weighted by atomic mass is 10.0. The maximum Gasteiger partial charge on any atom is 0.534 e. The maximum absolute atomic E-state index is 12.8. The summed E-state index contributed by atoms with van der Waals surface area (Å²) in [6.07, 6.45) is 1.86. The summed E-state index contributed by atoms with van der Waals surface area (Å²) in [6, 6.07) is 2.29. The van der Waals surface area contributed by atoms with Crippen LogP contribution in [-0.4, -0.2) is 48.0 Å². The Hall–Kier alpha value is -2.80. The van der Waals surface area contributed by atoms with Gasteiger partial charge in [-0.1, -0.05) is 0 Å². The van der Waals surface area contributed by atoms with Gasteiger partial charge in [0.1, 0.15) is 11.6 Å². The standard InChI is InChI=1S/C16H15F3N4O5S/c1-9-20-5-2-13(21-9)23-15(24)11-8-14(28-29(25,26)16(17,18)19)22-12-4-7-27-6-3-10(11)12/h2,5,8H,3-4,6-7H2,1H3,(H,20,21,23,24). The minimum atomic E-state index is -5.94. The number of amides is 1. The van der Waals surface area contributed by atoms with Crippen LogP contribution in [-0.2, 0) is 27.7 Å². The molecule has 156 valence electrons. The maximum atomic E-state index is 12.8. The van der Waals surface area contributed by atoms with Crippen LogP contribution in [0.4, 0.5) is 19.0 Å². The zero-order chi connectivity index (χ0) is 21.2. The van der Waals surface area contributed by atoms with Gasteiger partial charge in [0.05, 0.1) is 24.5 Å². The average molecular weight is 432 g/mol. The summed E-state index contributed by atoms with van der Waals surface area (Å²) in [6.45, 7) is 2.09. The quantitative estimate of drug-likeness (QED) is 0.573. The minimum Gasteiger partial charge on any atom is -0.381 e. The second-order valence-corrected chi connectivity index (χ2v) is 7.51. The van der Waals surface area contributed by atoms with E-state index in [9.17, 15) is 26.4 Å². The van der Waals surface area contributed by atoms with E-state index in [1.165, 1.54) is 12.3 Å². The van der Waals surface area contributed by atoms with Gasteiger partial charge in [0, 0.05) is 18.7 Å². The fraction of sp³-hybridized carbons (Fsp3) is 0.375. The lowest BCUT2D eigenvalue weighted by Crippen LogP contribution is -2.29. The van der Waals surface area contributed by atoms with Crippen molar-refractivity contribution in [3.63, 3.8) is 0 Å². The van der Waals surface area contributed by atoms with Gasteiger partial charge in [-0.15, -0.1) is 0 Å². The van der Waals surface area contributed by atoms with Gasteiger partial charge in [-0.25, -0.2) is 15.0 Å². The summed E-state index contributed by atoms with van der Waals surface area (Å²) < 4.78 is 70.1. The van der Waals surface area contributed by atoms with Crippen LogP contribution in [0.5, 0.6) is 5.88 Å². The van der Waals surface area contributed by atoms with E-state index >= 15 is 0 Å². The summed E-state index contributed by atoms with van der Waals surface area (Å²) in [5.41, 5.74) is -5.06. The van der Waals surface area contributed by atoms with Crippen molar-refractivity contribution in [2.45, 2.75) is 25.3 Å². The van der Waals surface area contributed by atoms with Crippen molar-refractivity contribution in [1.82, 2.24) is 15.0 Å². The van der Waals surface area contributed by atoms with Crippen LogP contribution in [0.3, 0.4) is 0 Å². The van der Waals surface area contributed by atoms with Crippen molar-refractivity contribution >= 4 is 21.8 Å². The zero-order valence-electron chi connectivity index (χ0n) is 15.0. The molecule has 0 saturated carbocycles. The number of alkyl halides is 3. The highest BCUT2D eigenvalue weighted by Gasteiger charge is 2.49. The first-order valence-corrected chi connectivity index (χ1v) is 9.70. The van der Waals surface area contributed by atoms with Crippen LogP contribution in [0.25, 0.3) is 0 Å². The van der Waals surface area contributed by atoms with Crippen LogP contribution in [0.1, 0.15) is 27.4 Å². The van der Waals surface area contributed by atoms with Crippen LogP contribution in [0, 0.1) is 6.92 Å². The molecule has 2 aromatic heterocycles. The highest BCUT2D eigenvalue weighted by molar-refractivity contribution is 7.87. The van der Waals surface area contributed by atoms with E-state index in [1.807, 2.05) is 0 Å². The minimum absolute atomic E-state index is 0.0795. The predicted molar refractivity (Wildman–Crippen MR) is 92.8 cm³/mol. The number of carbonyl (C=O) groups is 1. The second-order valence-electron chi connectivity index (χ2n) is 5.97. The molecule has 0 unspecified atom stereocenters. The largest absolute Gasteiger partial charge is 0.534 e. The van der Waals surface area contributed by atoms with E-state index < -0.39 is 27.4 Å². The Morgan fingerprint density at radius 1 is 1.24 bits per heavy atom. The third-order valence-electron chi connectivity index (χ3n) is 3.91. The molecule has 0 bridgehead atoms. The van der Waals surface area contributed by atoms with Crippen molar-refractivity contribution in [3.05, 3.63) is 41.0 Å². The average Bonchev–Trinajstić information content (AvgIpc) is 2.85. The Morgan fingerprint density at radius 2 is 1.97 bits per heavy atom. The van der Waals surface area contributed by atoms with E-state index in [2.05, 4.69) is 24.5 Å². The summed E-state index contributed by atoms with van der Waals surface area (Å²) in [5.74, 6) is -1.00. The molecule has 1 aliphatic heterocycles. The highest BCUT2D eigenvalue weighted by Crippen LogP contribution is 2.29. The molecule has 0 fully saturated rings. The molecule has 3 heterocycles. The SMILES string of the molecule is Cc1nccc(NC(=O)c2cc(OS(=O)(=O)C(F)(F)F)nc3c2CCOCC3)n1. The van der Waals surface area contributed by atoms with Crippen LogP contribution < -0.4 is 9.50 Å². The molecule has 0 atom stereocenters. The molecule has 0 spiro atoms. The van der Waals surface area contributed by atoms with Crippen molar-refractivity contribution in [2.75, 3.05) is 18.5 Å². The van der Waals surface area contributed by atoms with Crippen LogP contribution in [0.2, 0.25) is 0 Å². The number of ether oxygens (including phenoxy) is 1. The van der Waals surface area contributed by atoms with Gasteiger partial charge in [-0.05, 0) is 25.0 Å². The Bertz CT molecular complexity index is 1040. The highest BCUT2D eigenvalue weighted by atomic mass is 32.2. The summed E-state index contributed by atoms with van der Waals surface area (Å²) >= 11 is 0. The smallest absolute Gasteiger partial charge is 0.381 e. The van der Waals surface area contributed by atoms with Crippen molar-refractivity contribution in [3.8, 4) is 5.88 Å². The molecular weight excluding hydrogens is 417 g/mol. The molecule has 0 aliphatic carbocycles. The zero-order valence-corrected chi connectivity index (χ0v) is 15.8. The Labute approximate surface area is 163 Å². The van der Waals surface area contributed by atoms with Gasteiger partial charge >= 0.3 is 15.6 Å². The Kier molecular flexibility index (Phi) is 5.71. The Morgan fingerprint density at radius 3 is 2.66 bits per heavy atom. The number of fused-ring (bicyclic) bond motifs is 1. The third-order valence-corrected chi connectivity index (χ3v) is 4.86. The van der Waals surface area contributed by atoms with E-state index in [0.29, 0.717) is 11.4 Å². The van der Waals surface area contributed by atoms with Gasteiger partial charge in [0.2, 0.25) is 5.88 Å². The number of hydrogen-bond donors (Lipinski definition) is 1. The van der Waals surface area contributed by atoms with Crippen molar-refractivity contribution in [1.29, 1.82) is 0 Å². The first-order chi connectivity index (χ1) is 13.6. The number of nitrogens with one attached hydrogen (secondary N) is 1. The van der Waals surface area contributed by atoms with Gasteiger partial charge in [0.15, 0.2) is 0 Å². The molecule has 1 amide bonds. The molecular formula is C16H15F3N4O5S. The molecule has 1 aliphatic rings. The number of pyridine rings is 1. The second kappa shape index (κ2) is 7.91. The lowest BCUT2D eigenvalue weighted by molar-refractivity contribution is -0.0501. The fourth-order valence-corrected chi connectivity index (χ4v) is 3.05. The number of aromatic nitrogens is 3. The first kappa shape index (κ1) is 20.9. The molecule has 0 aromatic carbocycles. The van der Waals surface area contributed by atoms with E-state index in [-0.39, 0.29) is 43.1 Å². The summed E-state index contributed by atoms with van der Waals surface area (Å²) in [5, 5.41) is 2.50. The molecule has 13 heteroatoms. The normalized spacial score (nSPS) is 14.6. The molecule has 3 rings (SSSR count). The molecule has 0 radical (unpaired) electrons. The molecule has 9 nitrogen and oxygen atoms in total. The van der Waals surface area contributed by atoms with E-state index in [0.717, 1.165) is 6.07 Å². The predicted octanol–water partition coefficient (Wildman–Crippen LogP) is 1.78. The monoisotopic (exact) mass is 432 g/mol. The number of anilines is 1. The number of rotatable bonds is 4. The molecule has 1 N–H and O–H groups in total. The number of aryl methyl sites for hydroxylation is 1. The number of hydrogen-bond acceptors (Lipinski definition) is 8. The molecule has 0 saturated heterocycles. The first-order valence-electron chi connectivity index (χ1n) is 8.29. The van der Waals surface area contributed by atoms with Gasteiger partial charge in [-0.3, -0.25) is 4.79 Å². The third kappa shape index (κ3) is 4.79. The van der Waals surface area contributed by atoms with E-state index in [4.69, 9.17) is 4.74 Å². The van der Waals surface area contributed by atoms with Gasteiger partial charge in [-0.2, -0.15) is 21.6 Å². The molecule has 2 aromatic rings. The van der Waals surface area contributed by atoms with Crippen LogP contribution >= 0.6 is 0 Å². The summed E-state index contributed by atoms with van der Waals surface area (Å²) in [4.78, 5) is 24.5. The Balaban J connectivity index is 2.01. The van der Waals surface area contributed by atoms with Gasteiger partial charge < -0.3 is 14.2 Å².